The van der Waals surface area contributed by atoms with E-state index in [9.17, 15) is 0 Å². The molecule has 0 fully saturated rings. The Morgan fingerprint density at radius 1 is 1.22 bits per heavy atom. The van der Waals surface area contributed by atoms with Gasteiger partial charge >= 0.3 is 0 Å². The molecule has 0 spiro atoms. The van der Waals surface area contributed by atoms with Crippen molar-refractivity contribution in [2.75, 3.05) is 6.54 Å². The molecule has 3 aliphatic rings. The minimum absolute atomic E-state index is 0.0763. The maximum absolute atomic E-state index is 2.55. The Hall–Kier alpha value is -2.22. The number of allylic oxidation sites excluding steroid dienone is 5. The second-order valence-electron chi connectivity index (χ2n) is 8.73. The SMILES string of the molecule is CC/C(C)=C\C(C)=C\N1N2CC3CCC=CC3=C2c2ccccc2C1(C)C. The second-order valence-corrected chi connectivity index (χ2v) is 8.73. The van der Waals surface area contributed by atoms with Gasteiger partial charge in [-0.05, 0) is 63.7 Å². The van der Waals surface area contributed by atoms with E-state index in [0.29, 0.717) is 5.92 Å². The zero-order valence-corrected chi connectivity index (χ0v) is 17.4. The van der Waals surface area contributed by atoms with Gasteiger partial charge in [0.15, 0.2) is 0 Å². The van der Waals surface area contributed by atoms with Crippen molar-refractivity contribution in [2.24, 2.45) is 5.92 Å². The average Bonchev–Trinajstić information content (AvgIpc) is 3.04. The van der Waals surface area contributed by atoms with E-state index in [1.807, 2.05) is 0 Å². The van der Waals surface area contributed by atoms with Crippen molar-refractivity contribution >= 4 is 5.70 Å². The third-order valence-corrected chi connectivity index (χ3v) is 6.38. The summed E-state index contributed by atoms with van der Waals surface area (Å²) in [7, 11) is 0. The van der Waals surface area contributed by atoms with Gasteiger partial charge in [-0.15, -0.1) is 0 Å². The standard InChI is InChI=1S/C25H32N2/c1-6-18(2)15-19(3)16-27-25(4,5)23-14-10-9-13-22(23)24-21-12-8-7-11-20(21)17-26(24)27/h8-10,12-16,20H,6-7,11,17H2,1-5H3/b18-15-,19-16+. The van der Waals surface area contributed by atoms with Crippen LogP contribution in [0.15, 0.2) is 65.4 Å². The molecule has 0 amide bonds. The van der Waals surface area contributed by atoms with Gasteiger partial charge in [-0.3, -0.25) is 10.0 Å². The smallest absolute Gasteiger partial charge is 0.0806 e. The minimum Gasteiger partial charge on any atom is -0.284 e. The molecule has 4 rings (SSSR count). The van der Waals surface area contributed by atoms with Crippen molar-refractivity contribution in [3.8, 4) is 0 Å². The van der Waals surface area contributed by atoms with Gasteiger partial charge in [0.25, 0.3) is 0 Å². The molecule has 2 nitrogen and oxygen atoms in total. The molecular formula is C25H32N2. The second kappa shape index (κ2) is 6.74. The predicted octanol–water partition coefficient (Wildman–Crippen LogP) is 6.41. The van der Waals surface area contributed by atoms with Crippen LogP contribution in [0.3, 0.4) is 0 Å². The van der Waals surface area contributed by atoms with E-state index in [-0.39, 0.29) is 5.54 Å². The minimum atomic E-state index is -0.0763. The van der Waals surface area contributed by atoms with Crippen LogP contribution in [0, 0.1) is 5.92 Å². The normalized spacial score (nSPS) is 24.1. The van der Waals surface area contributed by atoms with Crippen molar-refractivity contribution in [3.63, 3.8) is 0 Å². The molecule has 1 aromatic carbocycles. The van der Waals surface area contributed by atoms with Crippen LogP contribution in [0.2, 0.25) is 0 Å². The summed E-state index contributed by atoms with van der Waals surface area (Å²) in [5.74, 6) is 0.649. The first-order valence-corrected chi connectivity index (χ1v) is 10.4. The van der Waals surface area contributed by atoms with Gasteiger partial charge in [0.1, 0.15) is 0 Å². The number of fused-ring (bicyclic) bond motifs is 4. The van der Waals surface area contributed by atoms with Crippen molar-refractivity contribution in [2.45, 2.75) is 59.4 Å². The Bertz CT molecular complexity index is 866. The Morgan fingerprint density at radius 2 is 2.00 bits per heavy atom. The third kappa shape index (κ3) is 2.96. The molecule has 27 heavy (non-hydrogen) atoms. The van der Waals surface area contributed by atoms with E-state index in [2.05, 4.69) is 93.3 Å². The van der Waals surface area contributed by atoms with Gasteiger partial charge < -0.3 is 0 Å². The number of rotatable bonds is 3. The molecule has 1 aliphatic carbocycles. The fraction of sp³-hybridized carbons (Fsp3) is 0.440. The van der Waals surface area contributed by atoms with E-state index < -0.39 is 0 Å². The fourth-order valence-electron chi connectivity index (χ4n) is 4.80. The lowest BCUT2D eigenvalue weighted by Crippen LogP contribution is -2.52. The number of hydrogen-bond donors (Lipinski definition) is 0. The zero-order chi connectivity index (χ0) is 19.2. The van der Waals surface area contributed by atoms with E-state index in [0.717, 1.165) is 13.0 Å². The van der Waals surface area contributed by atoms with Gasteiger partial charge in [0.05, 0.1) is 11.2 Å². The van der Waals surface area contributed by atoms with Crippen LogP contribution in [0.25, 0.3) is 5.70 Å². The number of hydrogen-bond acceptors (Lipinski definition) is 2. The quantitative estimate of drug-likeness (QED) is 0.575. The summed E-state index contributed by atoms with van der Waals surface area (Å²) in [5.41, 5.74) is 8.45. The molecule has 1 aromatic rings. The molecule has 0 saturated carbocycles. The van der Waals surface area contributed by atoms with E-state index in [4.69, 9.17) is 0 Å². The molecule has 1 atom stereocenters. The van der Waals surface area contributed by atoms with Crippen LogP contribution in [0.4, 0.5) is 0 Å². The van der Waals surface area contributed by atoms with Gasteiger partial charge in [-0.2, -0.15) is 0 Å². The van der Waals surface area contributed by atoms with Crippen LogP contribution in [-0.2, 0) is 5.54 Å². The first-order valence-electron chi connectivity index (χ1n) is 10.4. The van der Waals surface area contributed by atoms with Gasteiger partial charge in [-0.1, -0.05) is 55.0 Å². The van der Waals surface area contributed by atoms with Crippen LogP contribution in [0.1, 0.15) is 65.0 Å². The van der Waals surface area contributed by atoms with Gasteiger partial charge in [0.2, 0.25) is 0 Å². The summed E-state index contributed by atoms with van der Waals surface area (Å²) in [6, 6.07) is 8.99. The maximum Gasteiger partial charge on any atom is 0.0806 e. The van der Waals surface area contributed by atoms with Gasteiger partial charge in [-0.25, -0.2) is 0 Å². The lowest BCUT2D eigenvalue weighted by atomic mass is 9.83. The largest absolute Gasteiger partial charge is 0.284 e. The molecule has 2 aliphatic heterocycles. The summed E-state index contributed by atoms with van der Waals surface area (Å²) >= 11 is 0. The molecular weight excluding hydrogens is 328 g/mol. The van der Waals surface area contributed by atoms with Crippen LogP contribution in [-0.4, -0.2) is 16.6 Å². The third-order valence-electron chi connectivity index (χ3n) is 6.38. The summed E-state index contributed by atoms with van der Waals surface area (Å²) < 4.78 is 0. The maximum atomic E-state index is 2.55. The van der Waals surface area contributed by atoms with E-state index in [1.54, 1.807) is 0 Å². The van der Waals surface area contributed by atoms with Crippen molar-refractivity contribution in [1.82, 2.24) is 10.0 Å². The van der Waals surface area contributed by atoms with Crippen LogP contribution in [0.5, 0.6) is 0 Å². The highest BCUT2D eigenvalue weighted by atomic mass is 15.7. The molecule has 1 unspecified atom stereocenters. The summed E-state index contributed by atoms with van der Waals surface area (Å²) in [6.07, 6.45) is 13.0. The highest BCUT2D eigenvalue weighted by Gasteiger charge is 2.45. The van der Waals surface area contributed by atoms with E-state index in [1.165, 1.54) is 46.4 Å². The highest BCUT2D eigenvalue weighted by Crippen LogP contribution is 2.50. The molecule has 0 aromatic heterocycles. The van der Waals surface area contributed by atoms with Crippen molar-refractivity contribution < 1.29 is 0 Å². The predicted molar refractivity (Wildman–Crippen MR) is 115 cm³/mol. The highest BCUT2D eigenvalue weighted by molar-refractivity contribution is 5.76. The fourth-order valence-corrected chi connectivity index (χ4v) is 4.80. The Labute approximate surface area is 164 Å². The molecule has 142 valence electrons. The lowest BCUT2D eigenvalue weighted by Gasteiger charge is -2.51. The first kappa shape index (κ1) is 18.2. The number of hydrazine groups is 1. The molecule has 0 N–H and O–H groups in total. The van der Waals surface area contributed by atoms with Crippen molar-refractivity contribution in [3.05, 3.63) is 76.5 Å². The number of nitrogens with zero attached hydrogens (tertiary/aromatic N) is 2. The molecule has 2 heterocycles. The summed E-state index contributed by atoms with van der Waals surface area (Å²) in [5, 5.41) is 5.05. The summed E-state index contributed by atoms with van der Waals surface area (Å²) in [6.45, 7) is 12.5. The lowest BCUT2D eigenvalue weighted by molar-refractivity contribution is -0.0167. The first-order chi connectivity index (χ1) is 12.9. The Morgan fingerprint density at radius 3 is 2.78 bits per heavy atom. The monoisotopic (exact) mass is 360 g/mol. The molecule has 2 heteroatoms. The van der Waals surface area contributed by atoms with Crippen molar-refractivity contribution in [1.29, 1.82) is 0 Å². The topological polar surface area (TPSA) is 6.48 Å². The molecule has 0 radical (unpaired) electrons. The average molecular weight is 361 g/mol. The van der Waals surface area contributed by atoms with Gasteiger partial charge in [0, 0.05) is 24.2 Å². The van der Waals surface area contributed by atoms with E-state index >= 15 is 0 Å². The summed E-state index contributed by atoms with van der Waals surface area (Å²) in [4.78, 5) is 0. The zero-order valence-electron chi connectivity index (χ0n) is 17.4. The van der Waals surface area contributed by atoms with Crippen LogP contribution >= 0.6 is 0 Å². The Balaban J connectivity index is 1.88. The molecule has 0 bridgehead atoms. The Kier molecular flexibility index (Phi) is 4.53. The number of benzene rings is 1. The molecule has 0 saturated heterocycles. The van der Waals surface area contributed by atoms with Crippen LogP contribution < -0.4 is 0 Å².